The number of benzene rings is 2. The van der Waals surface area contributed by atoms with Gasteiger partial charge in [-0.05, 0) is 86.1 Å². The van der Waals surface area contributed by atoms with Crippen molar-refractivity contribution in [2.24, 2.45) is 0 Å². The van der Waals surface area contributed by atoms with Crippen molar-refractivity contribution >= 4 is 45.5 Å². The Kier molecular flexibility index (Phi) is 18.5. The Balaban J connectivity index is 0.000000189. The molecule has 0 saturated heterocycles. The molecule has 2 aromatic carbocycles. The number of methoxy groups -OCH3 is 2. The summed E-state index contributed by atoms with van der Waals surface area (Å²) in [5.41, 5.74) is 3.81. The van der Waals surface area contributed by atoms with Gasteiger partial charge in [-0.25, -0.2) is 0 Å². The van der Waals surface area contributed by atoms with Crippen molar-refractivity contribution in [3.8, 4) is 11.5 Å². The summed E-state index contributed by atoms with van der Waals surface area (Å²) in [7, 11) is 13.2. The van der Waals surface area contributed by atoms with Crippen LogP contribution in [0.1, 0.15) is 128 Å². The van der Waals surface area contributed by atoms with Crippen LogP contribution in [0.3, 0.4) is 0 Å². The quantitative estimate of drug-likeness (QED) is 0.196. The Morgan fingerprint density at radius 3 is 0.956 bits per heavy atom. The average molecular weight is 786 g/mol. The second kappa shape index (κ2) is 22.0. The van der Waals surface area contributed by atoms with E-state index in [0.717, 1.165) is 34.1 Å². The molecule has 0 heterocycles. The van der Waals surface area contributed by atoms with E-state index in [0.29, 0.717) is 0 Å². The summed E-state index contributed by atoms with van der Waals surface area (Å²) >= 11 is -0.106. The van der Waals surface area contributed by atoms with Gasteiger partial charge in [0.1, 0.15) is 11.5 Å². The van der Waals surface area contributed by atoms with Crippen molar-refractivity contribution < 1.29 is 25.4 Å². The second-order valence-electron chi connectivity index (χ2n) is 13.4. The van der Waals surface area contributed by atoms with Gasteiger partial charge in [0.2, 0.25) is 0 Å². The molecular formula is C38H58Cl2O2P2Pd. The third-order valence-corrected chi connectivity index (χ3v) is 17.7. The second-order valence-corrected chi connectivity index (χ2v) is 21.2. The van der Waals surface area contributed by atoms with Gasteiger partial charge in [0.05, 0.1) is 14.2 Å². The zero-order valence-electron chi connectivity index (χ0n) is 27.9. The van der Waals surface area contributed by atoms with Gasteiger partial charge in [0.15, 0.2) is 0 Å². The summed E-state index contributed by atoms with van der Waals surface area (Å²) in [4.78, 5) is 0. The van der Waals surface area contributed by atoms with E-state index in [9.17, 15) is 0 Å². The Morgan fingerprint density at radius 2 is 0.711 bits per heavy atom. The fourth-order valence-corrected chi connectivity index (χ4v) is 16.3. The Labute approximate surface area is 294 Å². The van der Waals surface area contributed by atoms with Crippen LogP contribution in [-0.2, 0) is 15.9 Å². The molecule has 256 valence electrons. The molecule has 6 rings (SSSR count). The maximum absolute atomic E-state index is 5.72. The van der Waals surface area contributed by atoms with Crippen molar-refractivity contribution in [1.82, 2.24) is 0 Å². The number of ether oxygens (including phenoxy) is 2. The predicted octanol–water partition coefficient (Wildman–Crippen LogP) is 12.3. The first-order valence-corrected chi connectivity index (χ1v) is 24.8. The molecule has 0 aromatic heterocycles. The molecule has 0 aliphatic heterocycles. The van der Waals surface area contributed by atoms with Crippen molar-refractivity contribution in [3.63, 3.8) is 0 Å². The van der Waals surface area contributed by atoms with Crippen LogP contribution in [0.4, 0.5) is 0 Å². The van der Waals surface area contributed by atoms with Gasteiger partial charge in [0, 0.05) is 10.6 Å². The summed E-state index contributed by atoms with van der Waals surface area (Å²) in [5.74, 6) is 2.31. The third-order valence-electron chi connectivity index (χ3n) is 10.6. The van der Waals surface area contributed by atoms with Gasteiger partial charge in [-0.1, -0.05) is 129 Å². The Morgan fingerprint density at radius 1 is 0.467 bits per heavy atom. The van der Waals surface area contributed by atoms with Crippen LogP contribution < -0.4 is 20.1 Å². The average Bonchev–Trinajstić information content (AvgIpc) is 3.11. The molecule has 4 fully saturated rings. The fourth-order valence-electron chi connectivity index (χ4n) is 8.51. The first kappa shape index (κ1) is 38.0. The summed E-state index contributed by atoms with van der Waals surface area (Å²) in [6, 6.07) is 17.8. The van der Waals surface area contributed by atoms with Crippen LogP contribution in [0.25, 0.3) is 0 Å². The van der Waals surface area contributed by atoms with E-state index in [1.165, 1.54) is 128 Å². The van der Waals surface area contributed by atoms with Gasteiger partial charge in [-0.15, -0.1) is 0 Å². The van der Waals surface area contributed by atoms with Crippen LogP contribution in [0.15, 0.2) is 48.5 Å². The molecule has 2 aromatic rings. The zero-order chi connectivity index (χ0) is 31.7. The van der Waals surface area contributed by atoms with Crippen LogP contribution >= 0.6 is 34.9 Å². The van der Waals surface area contributed by atoms with Gasteiger partial charge >= 0.3 is 35.0 Å². The van der Waals surface area contributed by atoms with Gasteiger partial charge in [-0.3, -0.25) is 0 Å². The molecule has 0 atom stereocenters. The normalized spacial score (nSPS) is 20.7. The zero-order valence-corrected chi connectivity index (χ0v) is 32.7. The van der Waals surface area contributed by atoms with E-state index in [1.54, 1.807) is 10.6 Å². The number of rotatable bonds is 8. The van der Waals surface area contributed by atoms with Crippen molar-refractivity contribution in [3.05, 3.63) is 48.5 Å². The topological polar surface area (TPSA) is 18.5 Å². The fraction of sp³-hybridized carbons (Fsp3) is 0.684. The van der Waals surface area contributed by atoms with Crippen molar-refractivity contribution in [1.29, 1.82) is 0 Å². The van der Waals surface area contributed by atoms with E-state index >= 15 is 0 Å². The molecule has 0 spiro atoms. The van der Waals surface area contributed by atoms with E-state index in [2.05, 4.69) is 48.5 Å². The van der Waals surface area contributed by atoms with Crippen LogP contribution in [-0.4, -0.2) is 36.9 Å². The molecule has 4 saturated carbocycles. The van der Waals surface area contributed by atoms with Crippen LogP contribution in [0, 0.1) is 0 Å². The van der Waals surface area contributed by atoms with Crippen LogP contribution in [0.2, 0.25) is 0 Å². The van der Waals surface area contributed by atoms with E-state index in [1.807, 2.05) is 14.2 Å². The summed E-state index contributed by atoms with van der Waals surface area (Å²) in [5, 5.41) is 3.13. The molecular weight excluding hydrogens is 728 g/mol. The predicted molar refractivity (Wildman–Crippen MR) is 198 cm³/mol. The molecule has 7 heteroatoms. The van der Waals surface area contributed by atoms with Gasteiger partial charge in [0.25, 0.3) is 0 Å². The van der Waals surface area contributed by atoms with Crippen LogP contribution in [0.5, 0.6) is 11.5 Å². The summed E-state index contributed by atoms with van der Waals surface area (Å²) in [6.45, 7) is 0. The molecule has 2 nitrogen and oxygen atoms in total. The Bertz CT molecular complexity index is 948. The molecule has 45 heavy (non-hydrogen) atoms. The number of para-hydroxylation sites is 2. The Hall–Kier alpha value is 0.142. The molecule has 4 aliphatic rings. The van der Waals surface area contributed by atoms with E-state index in [-0.39, 0.29) is 31.8 Å². The van der Waals surface area contributed by atoms with Gasteiger partial charge < -0.3 is 9.47 Å². The summed E-state index contributed by atoms with van der Waals surface area (Å²) in [6.07, 6.45) is 29.1. The molecule has 0 N–H and O–H groups in total. The SMILES string of the molecule is COc1ccccc1P(C1CCCCC1)C1CCCCC1.COc1ccccc1P(C1CCCCC1)C1CCCCC1.[Cl][Pd][Cl]. The molecule has 0 amide bonds. The van der Waals surface area contributed by atoms with E-state index < -0.39 is 0 Å². The first-order chi connectivity index (χ1) is 22.2. The van der Waals surface area contributed by atoms with Gasteiger partial charge in [-0.2, -0.15) is 0 Å². The number of halogens is 2. The van der Waals surface area contributed by atoms with E-state index in [4.69, 9.17) is 28.5 Å². The molecule has 0 radical (unpaired) electrons. The maximum atomic E-state index is 5.72. The molecule has 0 bridgehead atoms. The monoisotopic (exact) mass is 784 g/mol. The minimum atomic E-state index is -0.106. The van der Waals surface area contributed by atoms with Crippen molar-refractivity contribution in [2.75, 3.05) is 14.2 Å². The van der Waals surface area contributed by atoms with Crippen molar-refractivity contribution in [2.45, 2.75) is 151 Å². The standard InChI is InChI=1S/2C19H29OP.2ClH.Pd/c2*1-20-18-14-8-9-15-19(18)21(16-10-4-2-5-11-16)17-12-6-3-7-13-17;;;/h2*8-9,14-17H,2-7,10-13H2,1H3;2*1H;/q;;;;+2/p-2. The minimum absolute atomic E-state index is 0.0437. The number of hydrogen-bond acceptors (Lipinski definition) is 2. The summed E-state index contributed by atoms with van der Waals surface area (Å²) < 4.78 is 11.4. The first-order valence-electron chi connectivity index (χ1n) is 17.9. The number of hydrogen-bond donors (Lipinski definition) is 0. The molecule has 4 aliphatic carbocycles. The molecule has 0 unspecified atom stereocenters. The third kappa shape index (κ3) is 11.6.